The third-order valence-electron chi connectivity index (χ3n) is 4.28. The lowest BCUT2D eigenvalue weighted by molar-refractivity contribution is -0.0993. The number of hydrogen-bond donors (Lipinski definition) is 0. The van der Waals surface area contributed by atoms with Gasteiger partial charge in [0.05, 0.1) is 6.10 Å². The van der Waals surface area contributed by atoms with Gasteiger partial charge in [-0.25, -0.2) is 0 Å². The minimum absolute atomic E-state index is 0.304. The molecule has 0 atom stereocenters. The second kappa shape index (κ2) is 2.47. The van der Waals surface area contributed by atoms with Crippen LogP contribution >= 0.6 is 0 Å². The highest BCUT2D eigenvalue weighted by atomic mass is 16.5. The van der Waals surface area contributed by atoms with Crippen molar-refractivity contribution < 1.29 is 4.74 Å². The van der Waals surface area contributed by atoms with Crippen LogP contribution < -0.4 is 0 Å². The van der Waals surface area contributed by atoms with Gasteiger partial charge in [-0.15, -0.1) is 0 Å². The van der Waals surface area contributed by atoms with Gasteiger partial charge in [-0.3, -0.25) is 0 Å². The van der Waals surface area contributed by atoms with Crippen LogP contribution in [0.5, 0.6) is 0 Å². The Bertz CT molecular complexity index is 159. The fraction of sp³-hybridized carbons (Fsp3) is 0.909. The Morgan fingerprint density at radius 1 is 0.833 bits per heavy atom. The van der Waals surface area contributed by atoms with Crippen LogP contribution in [0.25, 0.3) is 0 Å². The normalized spacial score (nSPS) is 56.2. The first-order valence-electron chi connectivity index (χ1n) is 5.19. The number of rotatable bonds is 1. The smallest absolute Gasteiger partial charge is 0.173 e. The average molecular weight is 163 g/mol. The molecule has 0 spiro atoms. The maximum atomic E-state index is 7.08. The standard InChI is InChI=1S/C11H15O/c1-12-11-9-3-7-2-8(5-9)6-10(11)4-7/h7-11H,2-6H2. The lowest BCUT2D eigenvalue weighted by atomic mass is 9.55. The first-order chi connectivity index (χ1) is 5.86. The predicted molar refractivity (Wildman–Crippen MR) is 45.2 cm³/mol. The lowest BCUT2D eigenvalue weighted by Crippen LogP contribution is -2.48. The fourth-order valence-corrected chi connectivity index (χ4v) is 4.07. The quantitative estimate of drug-likeness (QED) is 0.576. The molecule has 65 valence electrons. The van der Waals surface area contributed by atoms with Gasteiger partial charge < -0.3 is 4.74 Å². The molecule has 0 heterocycles. The van der Waals surface area contributed by atoms with Crippen molar-refractivity contribution in [3.63, 3.8) is 0 Å². The molecule has 0 aromatic carbocycles. The summed E-state index contributed by atoms with van der Waals surface area (Å²) in [5.74, 6) is 3.50. The third kappa shape index (κ3) is 0.891. The van der Waals surface area contributed by atoms with Crippen LogP contribution in [0.4, 0.5) is 0 Å². The van der Waals surface area contributed by atoms with Gasteiger partial charge in [0.25, 0.3) is 0 Å². The summed E-state index contributed by atoms with van der Waals surface area (Å²) in [5.41, 5.74) is 0. The average Bonchev–Trinajstić information content (AvgIpc) is 2.02. The van der Waals surface area contributed by atoms with Crippen molar-refractivity contribution >= 4 is 0 Å². The highest BCUT2D eigenvalue weighted by Gasteiger charge is 2.48. The SMILES string of the molecule is [C]OC1C2CC3CC(C2)CC1C3. The van der Waals surface area contributed by atoms with Crippen molar-refractivity contribution in [3.8, 4) is 0 Å². The molecule has 4 saturated carbocycles. The van der Waals surface area contributed by atoms with Crippen LogP contribution in [-0.4, -0.2) is 6.10 Å². The maximum absolute atomic E-state index is 7.08. The molecule has 4 rings (SSSR count). The molecule has 0 saturated heterocycles. The summed E-state index contributed by atoms with van der Waals surface area (Å²) in [6, 6.07) is 0. The second-order valence-corrected chi connectivity index (χ2v) is 5.01. The van der Waals surface area contributed by atoms with Crippen molar-refractivity contribution in [2.24, 2.45) is 23.7 Å². The number of ether oxygens (including phenoxy) is 1. The van der Waals surface area contributed by atoms with Crippen molar-refractivity contribution in [1.82, 2.24) is 0 Å². The highest BCUT2D eigenvalue weighted by molar-refractivity contribution is 4.98. The number of hydrogen-bond acceptors (Lipinski definition) is 1. The molecule has 1 heteroatoms. The zero-order valence-corrected chi connectivity index (χ0v) is 7.33. The summed E-state index contributed by atoms with van der Waals surface area (Å²) in [6.07, 6.45) is 7.22. The van der Waals surface area contributed by atoms with E-state index in [1.54, 1.807) is 0 Å². The molecule has 3 radical (unpaired) electrons. The molecular formula is C11H15O. The van der Waals surface area contributed by atoms with Crippen LogP contribution in [0.3, 0.4) is 0 Å². The Kier molecular flexibility index (Phi) is 1.52. The van der Waals surface area contributed by atoms with Crippen LogP contribution in [-0.2, 0) is 4.74 Å². The van der Waals surface area contributed by atoms with Crippen molar-refractivity contribution in [1.29, 1.82) is 0 Å². The maximum Gasteiger partial charge on any atom is 0.173 e. The Morgan fingerprint density at radius 3 is 1.75 bits per heavy atom. The van der Waals surface area contributed by atoms with E-state index in [1.807, 2.05) is 0 Å². The molecule has 4 aliphatic carbocycles. The molecule has 0 unspecified atom stereocenters. The van der Waals surface area contributed by atoms with Gasteiger partial charge in [-0.2, -0.15) is 0 Å². The minimum Gasteiger partial charge on any atom is -0.361 e. The van der Waals surface area contributed by atoms with E-state index >= 15 is 0 Å². The monoisotopic (exact) mass is 163 g/mol. The van der Waals surface area contributed by atoms with Gasteiger partial charge in [0, 0.05) is 0 Å². The van der Waals surface area contributed by atoms with Crippen molar-refractivity contribution in [2.75, 3.05) is 0 Å². The fourth-order valence-electron chi connectivity index (χ4n) is 4.07. The van der Waals surface area contributed by atoms with Crippen LogP contribution in [0, 0.1) is 30.8 Å². The van der Waals surface area contributed by atoms with E-state index in [0.29, 0.717) is 6.10 Å². The van der Waals surface area contributed by atoms with E-state index in [1.165, 1.54) is 32.1 Å². The molecule has 1 nitrogen and oxygen atoms in total. The first kappa shape index (κ1) is 7.37. The summed E-state index contributed by atoms with van der Waals surface area (Å²) in [7, 11) is 7.08. The highest BCUT2D eigenvalue weighted by Crippen LogP contribution is 2.54. The van der Waals surface area contributed by atoms with Crippen LogP contribution in [0.2, 0.25) is 0 Å². The molecule has 0 amide bonds. The largest absolute Gasteiger partial charge is 0.361 e. The van der Waals surface area contributed by atoms with Gasteiger partial charge >= 0.3 is 0 Å². The third-order valence-corrected chi connectivity index (χ3v) is 4.28. The van der Waals surface area contributed by atoms with Crippen LogP contribution in [0.15, 0.2) is 0 Å². The summed E-state index contributed by atoms with van der Waals surface area (Å²) in [5, 5.41) is 0. The summed E-state index contributed by atoms with van der Waals surface area (Å²) in [6.45, 7) is 0. The Morgan fingerprint density at radius 2 is 1.33 bits per heavy atom. The Hall–Kier alpha value is -0.0400. The molecule has 4 bridgehead atoms. The van der Waals surface area contributed by atoms with Crippen molar-refractivity contribution in [2.45, 2.75) is 38.2 Å². The Labute approximate surface area is 74.5 Å². The van der Waals surface area contributed by atoms with Crippen LogP contribution in [0.1, 0.15) is 32.1 Å². The Balaban J connectivity index is 1.86. The zero-order chi connectivity index (χ0) is 8.13. The lowest BCUT2D eigenvalue weighted by Gasteiger charge is -2.53. The minimum atomic E-state index is 0.304. The summed E-state index contributed by atoms with van der Waals surface area (Å²) in [4.78, 5) is 0. The zero-order valence-electron chi connectivity index (χ0n) is 7.33. The molecular weight excluding hydrogens is 148 g/mol. The van der Waals surface area contributed by atoms with Gasteiger partial charge in [0.2, 0.25) is 0 Å². The molecule has 0 aliphatic heterocycles. The van der Waals surface area contributed by atoms with E-state index in [9.17, 15) is 0 Å². The molecule has 4 fully saturated rings. The summed E-state index contributed by atoms with van der Waals surface area (Å²) >= 11 is 0. The molecule has 0 aromatic heterocycles. The molecule has 0 aromatic rings. The van der Waals surface area contributed by atoms with Gasteiger partial charge in [-0.1, -0.05) is 0 Å². The molecule has 4 aliphatic rings. The van der Waals surface area contributed by atoms with E-state index in [-0.39, 0.29) is 0 Å². The molecule has 0 N–H and O–H groups in total. The van der Waals surface area contributed by atoms with Crippen molar-refractivity contribution in [3.05, 3.63) is 7.11 Å². The first-order valence-corrected chi connectivity index (χ1v) is 5.19. The van der Waals surface area contributed by atoms with Gasteiger partial charge in [0.1, 0.15) is 0 Å². The molecule has 12 heavy (non-hydrogen) atoms. The summed E-state index contributed by atoms with van der Waals surface area (Å²) < 4.78 is 4.88. The predicted octanol–water partition coefficient (Wildman–Crippen LogP) is 2.37. The van der Waals surface area contributed by atoms with Gasteiger partial charge in [-0.05, 0) is 55.8 Å². The second-order valence-electron chi connectivity index (χ2n) is 5.01. The van der Waals surface area contributed by atoms with E-state index in [4.69, 9.17) is 11.8 Å². The van der Waals surface area contributed by atoms with Gasteiger partial charge in [0.15, 0.2) is 7.11 Å². The van der Waals surface area contributed by atoms with E-state index < -0.39 is 0 Å². The van der Waals surface area contributed by atoms with E-state index in [2.05, 4.69) is 0 Å². The topological polar surface area (TPSA) is 9.23 Å². The van der Waals surface area contributed by atoms with E-state index in [0.717, 1.165) is 23.7 Å².